The number of carbonyl (C=O) groups excluding carboxylic acids is 2. The van der Waals surface area contributed by atoms with Crippen LogP contribution in [0.25, 0.3) is 0 Å². The molecule has 1 aromatic rings. The summed E-state index contributed by atoms with van der Waals surface area (Å²) in [4.78, 5) is 25.3. The third-order valence-corrected chi connectivity index (χ3v) is 3.93. The van der Waals surface area contributed by atoms with E-state index >= 15 is 0 Å². The van der Waals surface area contributed by atoms with Crippen LogP contribution in [0, 0.1) is 5.41 Å². The van der Waals surface area contributed by atoms with Gasteiger partial charge >= 0.3 is 5.97 Å². The molecule has 114 valence electrons. The van der Waals surface area contributed by atoms with Crippen LogP contribution in [-0.2, 0) is 20.7 Å². The Morgan fingerprint density at radius 2 is 1.86 bits per heavy atom. The topological polar surface area (TPSA) is 43.4 Å². The molecule has 1 unspecified atom stereocenters. The van der Waals surface area contributed by atoms with Gasteiger partial charge < -0.3 is 4.74 Å². The highest BCUT2D eigenvalue weighted by molar-refractivity contribution is 6.04. The first kappa shape index (κ1) is 15.7. The smallest absolute Gasteiger partial charge is 0.320 e. The van der Waals surface area contributed by atoms with E-state index in [-0.39, 0.29) is 11.8 Å². The predicted molar refractivity (Wildman–Crippen MR) is 81.9 cm³/mol. The van der Waals surface area contributed by atoms with Crippen LogP contribution in [0.4, 0.5) is 0 Å². The zero-order valence-corrected chi connectivity index (χ0v) is 13.1. The van der Waals surface area contributed by atoms with Gasteiger partial charge in [-0.2, -0.15) is 0 Å². The van der Waals surface area contributed by atoms with Gasteiger partial charge in [0.15, 0.2) is 5.78 Å². The molecule has 21 heavy (non-hydrogen) atoms. The summed E-state index contributed by atoms with van der Waals surface area (Å²) in [5, 5.41) is 0. The summed E-state index contributed by atoms with van der Waals surface area (Å²) in [6.07, 6.45) is 3.29. The number of ether oxygens (including phenoxy) is 1. The minimum absolute atomic E-state index is 0.0341. The molecule has 0 amide bonds. The molecule has 0 radical (unpaired) electrons. The van der Waals surface area contributed by atoms with Crippen molar-refractivity contribution in [3.63, 3.8) is 0 Å². The van der Waals surface area contributed by atoms with Gasteiger partial charge in [0.05, 0.1) is 0 Å². The summed E-state index contributed by atoms with van der Waals surface area (Å²) in [7, 11) is 0. The Balaban J connectivity index is 2.30. The first-order chi connectivity index (χ1) is 9.83. The molecule has 0 N–H and O–H groups in total. The Labute approximate surface area is 126 Å². The second-order valence-electron chi connectivity index (χ2n) is 6.88. The molecule has 1 saturated carbocycles. The normalized spacial score (nSPS) is 22.9. The van der Waals surface area contributed by atoms with E-state index < -0.39 is 11.0 Å². The van der Waals surface area contributed by atoms with E-state index in [2.05, 4.69) is 0 Å². The number of rotatable bonds is 3. The Hall–Kier alpha value is -1.64. The fourth-order valence-corrected chi connectivity index (χ4v) is 2.89. The van der Waals surface area contributed by atoms with E-state index in [4.69, 9.17) is 4.74 Å². The average Bonchev–Trinajstić information content (AvgIpc) is 2.40. The van der Waals surface area contributed by atoms with Crippen LogP contribution in [0.2, 0.25) is 0 Å². The number of hydrogen-bond donors (Lipinski definition) is 0. The minimum atomic E-state index is -0.993. The van der Waals surface area contributed by atoms with Crippen molar-refractivity contribution >= 4 is 11.8 Å². The molecule has 0 saturated heterocycles. The third-order valence-electron chi connectivity index (χ3n) is 3.93. The molecule has 0 heterocycles. The number of esters is 1. The maximum absolute atomic E-state index is 12.7. The molecule has 1 aromatic carbocycles. The Morgan fingerprint density at radius 1 is 1.19 bits per heavy atom. The van der Waals surface area contributed by atoms with Gasteiger partial charge in [-0.05, 0) is 45.6 Å². The van der Waals surface area contributed by atoms with Gasteiger partial charge in [-0.1, -0.05) is 36.8 Å². The molecule has 1 fully saturated rings. The van der Waals surface area contributed by atoms with Crippen molar-refractivity contribution in [2.24, 2.45) is 5.41 Å². The second kappa shape index (κ2) is 6.00. The lowest BCUT2D eigenvalue weighted by molar-refractivity contribution is -0.172. The summed E-state index contributed by atoms with van der Waals surface area (Å²) in [6, 6.07) is 9.74. The van der Waals surface area contributed by atoms with Gasteiger partial charge in [-0.15, -0.1) is 0 Å². The quantitative estimate of drug-likeness (QED) is 0.629. The van der Waals surface area contributed by atoms with Gasteiger partial charge in [0.25, 0.3) is 0 Å². The van der Waals surface area contributed by atoms with Crippen LogP contribution in [0.3, 0.4) is 0 Å². The molecule has 3 heteroatoms. The van der Waals surface area contributed by atoms with Gasteiger partial charge in [0, 0.05) is 6.42 Å². The van der Waals surface area contributed by atoms with E-state index in [1.807, 2.05) is 51.1 Å². The summed E-state index contributed by atoms with van der Waals surface area (Å²) >= 11 is 0. The molecule has 0 spiro atoms. The monoisotopic (exact) mass is 288 g/mol. The van der Waals surface area contributed by atoms with Gasteiger partial charge in [0.2, 0.25) is 0 Å². The fourth-order valence-electron chi connectivity index (χ4n) is 2.89. The number of hydrogen-bond acceptors (Lipinski definition) is 3. The molecule has 2 rings (SSSR count). The van der Waals surface area contributed by atoms with E-state index in [0.29, 0.717) is 19.3 Å². The Morgan fingerprint density at radius 3 is 2.43 bits per heavy atom. The molecule has 0 aromatic heterocycles. The molecule has 0 aliphatic heterocycles. The van der Waals surface area contributed by atoms with Crippen LogP contribution in [0.5, 0.6) is 0 Å². The van der Waals surface area contributed by atoms with E-state index in [1.165, 1.54) is 0 Å². The van der Waals surface area contributed by atoms with E-state index in [9.17, 15) is 9.59 Å². The summed E-state index contributed by atoms with van der Waals surface area (Å²) < 4.78 is 5.56. The summed E-state index contributed by atoms with van der Waals surface area (Å²) in [6.45, 7) is 5.53. The molecular formula is C18H24O3. The average molecular weight is 288 g/mol. The van der Waals surface area contributed by atoms with Gasteiger partial charge in [-0.3, -0.25) is 9.59 Å². The minimum Gasteiger partial charge on any atom is -0.459 e. The third kappa shape index (κ3) is 3.72. The van der Waals surface area contributed by atoms with Gasteiger partial charge in [0.1, 0.15) is 11.0 Å². The molecule has 1 aliphatic rings. The van der Waals surface area contributed by atoms with E-state index in [1.54, 1.807) is 0 Å². The maximum Gasteiger partial charge on any atom is 0.320 e. The van der Waals surface area contributed by atoms with Crippen LogP contribution in [0.15, 0.2) is 30.3 Å². The fraction of sp³-hybridized carbons (Fsp3) is 0.556. The standard InChI is InChI=1S/C18H24O3/c1-17(2,3)21-16(20)18(12-8-7-11-15(18)19)13-14-9-5-4-6-10-14/h4-6,9-10H,7-8,11-13H2,1-3H3. The van der Waals surface area contributed by atoms with Crippen molar-refractivity contribution in [1.82, 2.24) is 0 Å². The van der Waals surface area contributed by atoms with Crippen LogP contribution in [0.1, 0.15) is 52.0 Å². The molecule has 3 nitrogen and oxygen atoms in total. The first-order valence-electron chi connectivity index (χ1n) is 7.64. The Kier molecular flexibility index (Phi) is 4.50. The largest absolute Gasteiger partial charge is 0.459 e. The summed E-state index contributed by atoms with van der Waals surface area (Å²) in [5.74, 6) is -0.324. The van der Waals surface area contributed by atoms with Crippen LogP contribution in [-0.4, -0.2) is 17.4 Å². The van der Waals surface area contributed by atoms with Crippen LogP contribution < -0.4 is 0 Å². The maximum atomic E-state index is 12.7. The molecular weight excluding hydrogens is 264 g/mol. The van der Waals surface area contributed by atoms with Crippen molar-refractivity contribution in [2.45, 2.75) is 58.5 Å². The highest BCUT2D eigenvalue weighted by Gasteiger charge is 2.48. The molecule has 0 bridgehead atoms. The SMILES string of the molecule is CC(C)(C)OC(=O)C1(Cc2ccccc2)CCCCC1=O. The summed E-state index contributed by atoms with van der Waals surface area (Å²) in [5.41, 5.74) is -0.552. The lowest BCUT2D eigenvalue weighted by Crippen LogP contribution is -2.46. The lowest BCUT2D eigenvalue weighted by atomic mass is 9.69. The van der Waals surface area contributed by atoms with Crippen LogP contribution >= 0.6 is 0 Å². The number of carbonyl (C=O) groups is 2. The lowest BCUT2D eigenvalue weighted by Gasteiger charge is -2.36. The highest BCUT2D eigenvalue weighted by atomic mass is 16.6. The Bertz CT molecular complexity index is 513. The first-order valence-corrected chi connectivity index (χ1v) is 7.64. The zero-order chi connectivity index (χ0) is 15.5. The molecule has 1 aliphatic carbocycles. The van der Waals surface area contributed by atoms with Crippen molar-refractivity contribution in [2.75, 3.05) is 0 Å². The number of benzene rings is 1. The zero-order valence-electron chi connectivity index (χ0n) is 13.1. The highest BCUT2D eigenvalue weighted by Crippen LogP contribution is 2.38. The van der Waals surface area contributed by atoms with Gasteiger partial charge in [-0.25, -0.2) is 0 Å². The predicted octanol–water partition coefficient (Wildman–Crippen LogP) is 3.70. The van der Waals surface area contributed by atoms with E-state index in [0.717, 1.165) is 18.4 Å². The second-order valence-corrected chi connectivity index (χ2v) is 6.88. The number of ketones is 1. The number of Topliss-reactive ketones (excluding diaryl/α,β-unsaturated/α-hetero) is 1. The molecule has 1 atom stereocenters. The van der Waals surface area contributed by atoms with Crippen molar-refractivity contribution < 1.29 is 14.3 Å². The van der Waals surface area contributed by atoms with Crippen molar-refractivity contribution in [3.05, 3.63) is 35.9 Å². The van der Waals surface area contributed by atoms with Crippen molar-refractivity contribution in [1.29, 1.82) is 0 Å². The van der Waals surface area contributed by atoms with Crippen molar-refractivity contribution in [3.8, 4) is 0 Å².